The van der Waals surface area contributed by atoms with Gasteiger partial charge in [0.05, 0.1) is 28.5 Å². The van der Waals surface area contributed by atoms with E-state index < -0.39 is 79.1 Å². The summed E-state index contributed by atoms with van der Waals surface area (Å²) in [5.74, 6) is -3.02. The number of aryl methyl sites for hydroxylation is 1. The first kappa shape index (κ1) is 55.0. The number of aromatic nitrogens is 6. The molecule has 0 radical (unpaired) electrons. The van der Waals surface area contributed by atoms with Gasteiger partial charge in [-0.25, -0.2) is 37.1 Å². The quantitative estimate of drug-likeness (QED) is 0.0536. The van der Waals surface area contributed by atoms with Gasteiger partial charge in [-0.05, 0) is 91.0 Å². The van der Waals surface area contributed by atoms with E-state index in [2.05, 4.69) is 56.3 Å². The number of sulfone groups is 1. The Bertz CT molecular complexity index is 2970. The molecule has 2 aliphatic heterocycles. The number of halogens is 2. The zero-order valence-electron chi connectivity index (χ0n) is 43.6. The van der Waals surface area contributed by atoms with Crippen LogP contribution in [0.15, 0.2) is 53.9 Å². The number of Topliss-reactive ketones (excluding diaryl/α,β-unsaturated/α-hetero) is 1. The molecular formula is C51H67F2N13O7S. The Hall–Kier alpha value is -6.72. The fourth-order valence-electron chi connectivity index (χ4n) is 8.79. The minimum atomic E-state index is -3.86. The van der Waals surface area contributed by atoms with Gasteiger partial charge in [0, 0.05) is 80.8 Å². The van der Waals surface area contributed by atoms with Crippen LogP contribution in [0.2, 0.25) is 0 Å². The Morgan fingerprint density at radius 1 is 0.932 bits per heavy atom. The number of ketones is 1. The third-order valence-electron chi connectivity index (χ3n) is 13.7. The molecule has 5 aromatic rings. The maximum Gasteiger partial charge on any atom is 0.247 e. The molecule has 0 aliphatic carbocycles. The summed E-state index contributed by atoms with van der Waals surface area (Å²) in [6.07, 6.45) is 4.86. The van der Waals surface area contributed by atoms with Crippen LogP contribution in [0.5, 0.6) is 5.75 Å². The molecule has 0 spiro atoms. The monoisotopic (exact) mass is 1040 g/mol. The molecule has 20 nitrogen and oxygen atoms in total. The number of H-pyrrole nitrogens is 1. The van der Waals surface area contributed by atoms with Crippen molar-refractivity contribution in [2.75, 3.05) is 68.5 Å². The maximum atomic E-state index is 14.7. The van der Waals surface area contributed by atoms with Gasteiger partial charge in [0.15, 0.2) is 21.4 Å². The van der Waals surface area contributed by atoms with E-state index in [1.807, 2.05) is 18.7 Å². The average Bonchev–Trinajstić information content (AvgIpc) is 3.93. The van der Waals surface area contributed by atoms with E-state index in [4.69, 9.17) is 4.74 Å². The molecule has 2 aromatic carbocycles. The Morgan fingerprint density at radius 3 is 2.22 bits per heavy atom. The number of likely N-dealkylation sites (tertiary alicyclic amines) is 1. The molecule has 23 heteroatoms. The van der Waals surface area contributed by atoms with Gasteiger partial charge in [-0.15, -0.1) is 0 Å². The number of fused-ring (bicyclic) bond motifs is 1. The first-order chi connectivity index (χ1) is 34.9. The van der Waals surface area contributed by atoms with Gasteiger partial charge in [-0.1, -0.05) is 26.8 Å². The highest BCUT2D eigenvalue weighted by Gasteiger charge is 2.46. The molecule has 74 heavy (non-hydrogen) atoms. The number of amides is 3. The van der Waals surface area contributed by atoms with E-state index >= 15 is 0 Å². The van der Waals surface area contributed by atoms with Crippen molar-refractivity contribution in [2.24, 2.45) is 11.3 Å². The second-order valence-corrected chi connectivity index (χ2v) is 23.7. The maximum absolute atomic E-state index is 14.7. The number of piperazine rings is 1. The molecule has 5 N–H and O–H groups in total. The molecule has 2 saturated heterocycles. The summed E-state index contributed by atoms with van der Waals surface area (Å²) in [7, 11) is -2.26. The molecule has 3 aromatic heterocycles. The lowest BCUT2D eigenvalue weighted by Crippen LogP contribution is -2.59. The van der Waals surface area contributed by atoms with Crippen molar-refractivity contribution in [3.63, 3.8) is 0 Å². The standard InChI is InChI=1S/C51H67F2N13O7S/c1-29-30(2)62-63-44(29)61-45-34-23-41(74(71,72)51(7,8)9)40(24-37(34)57-28-58-45)73-20-12-15-64-16-18-65(19-17-64)49-55-25-33(26-56-49)39(67)22-32-21-38(47(69)59-42-35(52)13-11-14-36(42)53)66(27-32)48(70)43(50(4,5)6)60-46(68)31(3)54-10/h11,13-14,23-26,28,31-32,38,43,54H,12,15-22,27H2,1-10H3,(H,59,69)(H,60,68)(H2,57,58,61,62,63)/t31-,32+,38-,43+/m0/s1. The van der Waals surface area contributed by atoms with Crippen molar-refractivity contribution in [3.05, 3.63) is 77.5 Å². The van der Waals surface area contributed by atoms with Gasteiger partial charge < -0.3 is 35.8 Å². The van der Waals surface area contributed by atoms with Crippen molar-refractivity contribution in [1.82, 2.24) is 50.6 Å². The van der Waals surface area contributed by atoms with Crippen LogP contribution in [0.1, 0.15) is 89.3 Å². The number of rotatable bonds is 18. The third kappa shape index (κ3) is 12.3. The van der Waals surface area contributed by atoms with E-state index in [-0.39, 0.29) is 48.0 Å². The van der Waals surface area contributed by atoms with Crippen LogP contribution in [0.3, 0.4) is 0 Å². The predicted molar refractivity (Wildman–Crippen MR) is 276 cm³/mol. The second kappa shape index (κ2) is 22.4. The summed E-state index contributed by atoms with van der Waals surface area (Å²) in [5.41, 5.74) is 1.08. The number of likely N-dealkylation sites (N-methyl/N-ethyl adjacent to an activating group) is 1. The van der Waals surface area contributed by atoms with Crippen LogP contribution in [0, 0.1) is 36.8 Å². The van der Waals surface area contributed by atoms with Crippen LogP contribution in [0.4, 0.5) is 32.1 Å². The van der Waals surface area contributed by atoms with Crippen LogP contribution in [-0.2, 0) is 24.2 Å². The third-order valence-corrected chi connectivity index (χ3v) is 16.2. The zero-order valence-corrected chi connectivity index (χ0v) is 44.4. The molecule has 0 unspecified atom stereocenters. The van der Waals surface area contributed by atoms with Crippen molar-refractivity contribution in [3.8, 4) is 5.75 Å². The minimum Gasteiger partial charge on any atom is -0.492 e. The summed E-state index contributed by atoms with van der Waals surface area (Å²) in [5, 5.41) is 18.9. The fraction of sp³-hybridized carbons (Fsp3) is 0.510. The molecule has 0 saturated carbocycles. The highest BCUT2D eigenvalue weighted by atomic mass is 32.2. The van der Waals surface area contributed by atoms with Gasteiger partial charge >= 0.3 is 0 Å². The highest BCUT2D eigenvalue weighted by Crippen LogP contribution is 2.38. The average molecular weight is 1040 g/mol. The molecule has 4 atom stereocenters. The molecule has 2 aliphatic rings. The SMILES string of the molecule is CN[C@@H](C)C(=O)N[C@H](C(=O)N1C[C@@H](CC(=O)c2cnc(N3CCN(CCCOc4cc5ncnc(Nc6n[nH]c(C)c6C)c5cc4S(=O)(=O)C(C)(C)C)CC3)nc2)C[C@H]1C(=O)Nc1c(F)cccc1F)C(C)(C)C. The Balaban J connectivity index is 0.954. The summed E-state index contributed by atoms with van der Waals surface area (Å²) in [6.45, 7) is 19.2. The number of hydrogen-bond donors (Lipinski definition) is 5. The van der Waals surface area contributed by atoms with E-state index in [1.165, 1.54) is 29.7 Å². The molecule has 7 rings (SSSR count). The van der Waals surface area contributed by atoms with E-state index in [0.29, 0.717) is 67.6 Å². The van der Waals surface area contributed by atoms with Crippen LogP contribution in [-0.4, -0.2) is 148 Å². The molecule has 3 amide bonds. The lowest BCUT2D eigenvalue weighted by molar-refractivity contribution is -0.143. The molecule has 398 valence electrons. The molecule has 5 heterocycles. The van der Waals surface area contributed by atoms with Crippen LogP contribution in [0.25, 0.3) is 10.9 Å². The van der Waals surface area contributed by atoms with E-state index in [0.717, 1.165) is 23.4 Å². The second-order valence-electron chi connectivity index (χ2n) is 21.0. The summed E-state index contributed by atoms with van der Waals surface area (Å²) >= 11 is 0. The Labute approximate surface area is 430 Å². The number of benzene rings is 2. The number of aromatic amines is 1. The van der Waals surface area contributed by atoms with Crippen molar-refractivity contribution >= 4 is 67.5 Å². The zero-order chi connectivity index (χ0) is 53.9. The normalized spacial score (nSPS) is 17.5. The summed E-state index contributed by atoms with van der Waals surface area (Å²) < 4.78 is 62.4. The number of ether oxygens (including phenoxy) is 1. The Morgan fingerprint density at radius 2 is 1.61 bits per heavy atom. The topological polar surface area (TPSA) is 250 Å². The van der Waals surface area contributed by atoms with Crippen LogP contribution >= 0.6 is 0 Å². The van der Waals surface area contributed by atoms with Crippen LogP contribution < -0.4 is 30.9 Å². The number of carbonyl (C=O) groups is 4. The molecule has 2 fully saturated rings. The molecule has 0 bridgehead atoms. The molecular weight excluding hydrogens is 977 g/mol. The number of nitrogens with zero attached hydrogens (tertiary/aromatic N) is 8. The number of para-hydroxylation sites is 1. The smallest absolute Gasteiger partial charge is 0.247 e. The predicted octanol–water partition coefficient (Wildman–Crippen LogP) is 5.51. The highest BCUT2D eigenvalue weighted by molar-refractivity contribution is 7.92. The lowest BCUT2D eigenvalue weighted by atomic mass is 9.85. The van der Waals surface area contributed by atoms with Gasteiger partial charge in [0.25, 0.3) is 0 Å². The van der Waals surface area contributed by atoms with Gasteiger partial charge in [-0.2, -0.15) is 5.10 Å². The Kier molecular flexibility index (Phi) is 16.7. The van der Waals surface area contributed by atoms with Gasteiger partial charge in [0.2, 0.25) is 23.7 Å². The number of hydrogen-bond acceptors (Lipinski definition) is 16. The van der Waals surface area contributed by atoms with Crippen molar-refractivity contribution < 1.29 is 41.1 Å². The lowest BCUT2D eigenvalue weighted by Gasteiger charge is -2.36. The first-order valence-corrected chi connectivity index (χ1v) is 26.2. The van der Waals surface area contributed by atoms with E-state index in [9.17, 15) is 36.4 Å². The number of anilines is 4. The van der Waals surface area contributed by atoms with Crippen molar-refractivity contribution in [1.29, 1.82) is 0 Å². The van der Waals surface area contributed by atoms with Gasteiger partial charge in [0.1, 0.15) is 52.2 Å². The summed E-state index contributed by atoms with van der Waals surface area (Å²) in [4.78, 5) is 78.4. The van der Waals surface area contributed by atoms with Gasteiger partial charge in [-0.3, -0.25) is 29.2 Å². The fourth-order valence-corrected chi connectivity index (χ4v) is 10.1. The minimum absolute atomic E-state index is 0.0114. The first-order valence-electron chi connectivity index (χ1n) is 24.7. The summed E-state index contributed by atoms with van der Waals surface area (Å²) in [6, 6.07) is 3.47. The largest absolute Gasteiger partial charge is 0.492 e. The van der Waals surface area contributed by atoms with E-state index in [1.54, 1.807) is 67.6 Å². The van der Waals surface area contributed by atoms with Crippen molar-refractivity contribution in [2.45, 2.75) is 109 Å². The number of nitrogens with one attached hydrogen (secondary N) is 5. The number of carbonyl (C=O) groups excluding carboxylic acids is 4.